The first kappa shape index (κ1) is 12.2. The fourth-order valence-corrected chi connectivity index (χ4v) is 3.54. The van der Waals surface area contributed by atoms with Crippen LogP contribution in [0.2, 0.25) is 0 Å². The molecule has 80 valence electrons. The first-order valence-electron chi connectivity index (χ1n) is 5.10. The monoisotopic (exact) mass is 275 g/mol. The van der Waals surface area contributed by atoms with Crippen LogP contribution in [0.25, 0.3) is 0 Å². The predicted molar refractivity (Wildman–Crippen MR) is 68.2 cm³/mol. The first-order valence-corrected chi connectivity index (χ1v) is 6.83. The van der Waals surface area contributed by atoms with Crippen molar-refractivity contribution >= 4 is 27.3 Å². The van der Waals surface area contributed by atoms with E-state index in [9.17, 15) is 0 Å². The van der Waals surface area contributed by atoms with E-state index in [-0.39, 0.29) is 0 Å². The molecule has 3 heteroatoms. The molecule has 14 heavy (non-hydrogen) atoms. The highest BCUT2D eigenvalue weighted by molar-refractivity contribution is 9.10. The second kappa shape index (κ2) is 5.89. The molecule has 1 rings (SSSR count). The van der Waals surface area contributed by atoms with Crippen LogP contribution in [0.3, 0.4) is 0 Å². The molecule has 0 aliphatic heterocycles. The maximum Gasteiger partial charge on any atom is 0.0317 e. The Labute approximate surface area is 99.0 Å². The normalized spacial score (nSPS) is 15.4. The minimum atomic E-state index is 0.599. The Morgan fingerprint density at radius 1 is 1.43 bits per heavy atom. The van der Waals surface area contributed by atoms with E-state index >= 15 is 0 Å². The van der Waals surface area contributed by atoms with Gasteiger partial charge in [0.05, 0.1) is 0 Å². The molecule has 2 unspecified atom stereocenters. The van der Waals surface area contributed by atoms with E-state index < -0.39 is 0 Å². The Morgan fingerprint density at radius 3 is 2.64 bits per heavy atom. The number of hydrogen-bond acceptors (Lipinski definition) is 2. The number of rotatable bonds is 5. The van der Waals surface area contributed by atoms with Gasteiger partial charge in [-0.05, 0) is 52.7 Å². The van der Waals surface area contributed by atoms with E-state index in [1.165, 1.54) is 16.5 Å². The summed E-state index contributed by atoms with van der Waals surface area (Å²) in [6, 6.07) is 0.599. The molecule has 2 atom stereocenters. The summed E-state index contributed by atoms with van der Waals surface area (Å²) in [6.45, 7) is 7.75. The van der Waals surface area contributed by atoms with Gasteiger partial charge in [0.1, 0.15) is 0 Å². The van der Waals surface area contributed by atoms with Crippen molar-refractivity contribution < 1.29 is 0 Å². The molecule has 0 aliphatic rings. The van der Waals surface area contributed by atoms with Crippen LogP contribution in [0.4, 0.5) is 0 Å². The third-order valence-electron chi connectivity index (χ3n) is 2.43. The van der Waals surface area contributed by atoms with Crippen molar-refractivity contribution in [1.29, 1.82) is 0 Å². The van der Waals surface area contributed by atoms with Crippen LogP contribution in [0, 0.1) is 0 Å². The summed E-state index contributed by atoms with van der Waals surface area (Å²) < 4.78 is 1.26. The highest BCUT2D eigenvalue weighted by Crippen LogP contribution is 2.30. The second-order valence-electron chi connectivity index (χ2n) is 3.77. The summed E-state index contributed by atoms with van der Waals surface area (Å²) in [4.78, 5) is 0. The standard InChI is InChI=1S/C11H18BrNS/c1-4-13-9(3)5-8(2)10-6-14-7-11(10)12/h6-9,13H,4-5H2,1-3H3. The van der Waals surface area contributed by atoms with Gasteiger partial charge in [-0.2, -0.15) is 11.3 Å². The van der Waals surface area contributed by atoms with Crippen molar-refractivity contribution in [3.8, 4) is 0 Å². The van der Waals surface area contributed by atoms with Crippen LogP contribution >= 0.6 is 27.3 Å². The van der Waals surface area contributed by atoms with Crippen molar-refractivity contribution in [2.24, 2.45) is 0 Å². The molecular formula is C11H18BrNS. The molecular weight excluding hydrogens is 258 g/mol. The number of hydrogen-bond donors (Lipinski definition) is 1. The molecule has 1 N–H and O–H groups in total. The van der Waals surface area contributed by atoms with E-state index in [0.717, 1.165) is 6.54 Å². The largest absolute Gasteiger partial charge is 0.315 e. The smallest absolute Gasteiger partial charge is 0.0317 e. The minimum Gasteiger partial charge on any atom is -0.315 e. The highest BCUT2D eigenvalue weighted by Gasteiger charge is 2.13. The van der Waals surface area contributed by atoms with Gasteiger partial charge in [0.25, 0.3) is 0 Å². The lowest BCUT2D eigenvalue weighted by atomic mass is 9.97. The molecule has 0 saturated carbocycles. The van der Waals surface area contributed by atoms with Crippen molar-refractivity contribution in [3.05, 3.63) is 20.8 Å². The van der Waals surface area contributed by atoms with E-state index in [1.54, 1.807) is 11.3 Å². The van der Waals surface area contributed by atoms with E-state index in [2.05, 4.69) is 52.8 Å². The SMILES string of the molecule is CCNC(C)CC(C)c1cscc1Br. The molecule has 1 heterocycles. The highest BCUT2D eigenvalue weighted by atomic mass is 79.9. The van der Waals surface area contributed by atoms with Crippen molar-refractivity contribution in [2.75, 3.05) is 6.54 Å². The summed E-state index contributed by atoms with van der Waals surface area (Å²) in [7, 11) is 0. The molecule has 1 aromatic heterocycles. The first-order chi connectivity index (χ1) is 6.65. The average Bonchev–Trinajstić information content (AvgIpc) is 2.51. The van der Waals surface area contributed by atoms with Gasteiger partial charge >= 0.3 is 0 Å². The molecule has 0 aliphatic carbocycles. The third-order valence-corrected chi connectivity index (χ3v) is 4.18. The lowest BCUT2D eigenvalue weighted by Crippen LogP contribution is -2.26. The second-order valence-corrected chi connectivity index (χ2v) is 5.37. The predicted octanol–water partition coefficient (Wildman–Crippen LogP) is 4.00. The third kappa shape index (κ3) is 3.37. The van der Waals surface area contributed by atoms with Gasteiger partial charge in [0.15, 0.2) is 0 Å². The quantitative estimate of drug-likeness (QED) is 0.857. The topological polar surface area (TPSA) is 12.0 Å². The number of nitrogens with one attached hydrogen (secondary N) is 1. The molecule has 0 radical (unpaired) electrons. The Bertz CT molecular complexity index is 272. The molecule has 0 bridgehead atoms. The minimum absolute atomic E-state index is 0.599. The zero-order valence-corrected chi connectivity index (χ0v) is 11.4. The summed E-state index contributed by atoms with van der Waals surface area (Å²) >= 11 is 5.35. The Kier molecular flexibility index (Phi) is 5.13. The molecule has 1 nitrogen and oxygen atoms in total. The Morgan fingerprint density at radius 2 is 2.14 bits per heavy atom. The van der Waals surface area contributed by atoms with Gasteiger partial charge in [0, 0.05) is 15.9 Å². The van der Waals surface area contributed by atoms with Crippen LogP contribution in [0.15, 0.2) is 15.2 Å². The number of halogens is 1. The van der Waals surface area contributed by atoms with E-state index in [1.807, 2.05) is 0 Å². The average molecular weight is 276 g/mol. The molecule has 0 amide bonds. The van der Waals surface area contributed by atoms with Crippen LogP contribution in [-0.2, 0) is 0 Å². The summed E-state index contributed by atoms with van der Waals surface area (Å²) in [6.07, 6.45) is 1.20. The molecule has 0 saturated heterocycles. The van der Waals surface area contributed by atoms with E-state index in [0.29, 0.717) is 12.0 Å². The zero-order chi connectivity index (χ0) is 10.6. The van der Waals surface area contributed by atoms with Crippen LogP contribution < -0.4 is 5.32 Å². The van der Waals surface area contributed by atoms with Gasteiger partial charge in [-0.25, -0.2) is 0 Å². The van der Waals surface area contributed by atoms with Gasteiger partial charge in [0.2, 0.25) is 0 Å². The van der Waals surface area contributed by atoms with Crippen molar-refractivity contribution in [2.45, 2.75) is 39.2 Å². The Hall–Kier alpha value is 0.140. The maximum atomic E-state index is 3.59. The lowest BCUT2D eigenvalue weighted by Gasteiger charge is -2.17. The van der Waals surface area contributed by atoms with Gasteiger partial charge in [-0.3, -0.25) is 0 Å². The van der Waals surface area contributed by atoms with Crippen molar-refractivity contribution in [3.63, 3.8) is 0 Å². The molecule has 0 aromatic carbocycles. The van der Waals surface area contributed by atoms with Crippen LogP contribution in [-0.4, -0.2) is 12.6 Å². The lowest BCUT2D eigenvalue weighted by molar-refractivity contribution is 0.491. The fourth-order valence-electron chi connectivity index (χ4n) is 1.73. The van der Waals surface area contributed by atoms with Crippen LogP contribution in [0.5, 0.6) is 0 Å². The van der Waals surface area contributed by atoms with Crippen molar-refractivity contribution in [1.82, 2.24) is 5.32 Å². The maximum absolute atomic E-state index is 3.59. The Balaban J connectivity index is 2.50. The summed E-state index contributed by atoms with van der Waals surface area (Å²) in [5, 5.41) is 7.85. The molecule has 0 fully saturated rings. The summed E-state index contributed by atoms with van der Waals surface area (Å²) in [5.74, 6) is 0.629. The molecule has 1 aromatic rings. The van der Waals surface area contributed by atoms with Gasteiger partial charge < -0.3 is 5.32 Å². The van der Waals surface area contributed by atoms with Gasteiger partial charge in [-0.1, -0.05) is 13.8 Å². The van der Waals surface area contributed by atoms with Crippen LogP contribution in [0.1, 0.15) is 38.7 Å². The zero-order valence-electron chi connectivity index (χ0n) is 9.01. The summed E-state index contributed by atoms with van der Waals surface area (Å²) in [5.41, 5.74) is 1.44. The fraction of sp³-hybridized carbons (Fsp3) is 0.636. The molecule has 0 spiro atoms. The van der Waals surface area contributed by atoms with E-state index in [4.69, 9.17) is 0 Å². The number of thiophene rings is 1. The van der Waals surface area contributed by atoms with Gasteiger partial charge in [-0.15, -0.1) is 0 Å².